The van der Waals surface area contributed by atoms with E-state index in [0.29, 0.717) is 12.2 Å². The summed E-state index contributed by atoms with van der Waals surface area (Å²) in [7, 11) is 4.04. The molecule has 0 radical (unpaired) electrons. The van der Waals surface area contributed by atoms with Crippen molar-refractivity contribution in [1.82, 2.24) is 20.2 Å². The first kappa shape index (κ1) is 20.1. The zero-order valence-corrected chi connectivity index (χ0v) is 17.1. The first-order chi connectivity index (χ1) is 13.5. The molecule has 0 saturated carbocycles. The van der Waals surface area contributed by atoms with E-state index in [-0.39, 0.29) is 5.91 Å². The number of nitrogens with zero attached hydrogens (tertiary/aromatic N) is 5. The summed E-state index contributed by atoms with van der Waals surface area (Å²) in [4.78, 5) is 27.7. The number of benzene rings is 1. The Hall–Kier alpha value is -2.67. The molecule has 28 heavy (non-hydrogen) atoms. The molecule has 1 saturated heterocycles. The molecule has 7 heteroatoms. The van der Waals surface area contributed by atoms with Crippen molar-refractivity contribution in [2.75, 3.05) is 63.2 Å². The zero-order valence-electron chi connectivity index (χ0n) is 17.1. The van der Waals surface area contributed by atoms with Gasteiger partial charge in [-0.3, -0.25) is 4.79 Å². The molecular weight excluding hydrogens is 352 g/mol. The summed E-state index contributed by atoms with van der Waals surface area (Å²) in [5.74, 6) is 0.662. The van der Waals surface area contributed by atoms with Gasteiger partial charge in [-0.15, -0.1) is 0 Å². The second-order valence-electron chi connectivity index (χ2n) is 7.49. The molecule has 0 spiro atoms. The third-order valence-corrected chi connectivity index (χ3v) is 4.91. The van der Waals surface area contributed by atoms with Crippen molar-refractivity contribution >= 4 is 17.4 Å². The number of carbonyl (C=O) groups is 1. The van der Waals surface area contributed by atoms with Crippen LogP contribution in [0.1, 0.15) is 22.5 Å². The smallest absolute Gasteiger partial charge is 0.271 e. The normalized spacial score (nSPS) is 14.4. The van der Waals surface area contributed by atoms with Gasteiger partial charge in [0, 0.05) is 38.4 Å². The van der Waals surface area contributed by atoms with E-state index in [0.717, 1.165) is 45.0 Å². The number of rotatable bonds is 7. The van der Waals surface area contributed by atoms with E-state index in [1.807, 2.05) is 14.1 Å². The molecule has 2 heterocycles. The molecule has 1 fully saturated rings. The lowest BCUT2D eigenvalue weighted by Crippen LogP contribution is -2.47. The summed E-state index contributed by atoms with van der Waals surface area (Å²) in [6.07, 6.45) is 4.19. The van der Waals surface area contributed by atoms with Gasteiger partial charge in [-0.1, -0.05) is 12.1 Å². The Labute approximate surface area is 167 Å². The second-order valence-corrected chi connectivity index (χ2v) is 7.49. The highest BCUT2D eigenvalue weighted by Crippen LogP contribution is 2.19. The highest BCUT2D eigenvalue weighted by molar-refractivity contribution is 5.91. The topological polar surface area (TPSA) is 64.6 Å². The van der Waals surface area contributed by atoms with Crippen LogP contribution >= 0.6 is 0 Å². The Morgan fingerprint density at radius 1 is 1.11 bits per heavy atom. The molecule has 1 aliphatic rings. The van der Waals surface area contributed by atoms with Gasteiger partial charge in [-0.25, -0.2) is 9.97 Å². The fourth-order valence-corrected chi connectivity index (χ4v) is 3.31. The summed E-state index contributed by atoms with van der Waals surface area (Å²) in [5.41, 5.74) is 2.92. The van der Waals surface area contributed by atoms with E-state index in [4.69, 9.17) is 0 Å². The molecule has 7 nitrogen and oxygen atoms in total. The number of carbonyl (C=O) groups excluding carboxylic acids is 1. The van der Waals surface area contributed by atoms with E-state index >= 15 is 0 Å². The van der Waals surface area contributed by atoms with Crippen LogP contribution in [0.4, 0.5) is 11.5 Å². The average Bonchev–Trinajstić information content (AvgIpc) is 2.71. The van der Waals surface area contributed by atoms with Crippen molar-refractivity contribution in [2.24, 2.45) is 0 Å². The Bertz CT molecular complexity index is 769. The molecule has 1 aliphatic heterocycles. The molecule has 1 N–H and O–H groups in total. The highest BCUT2D eigenvalue weighted by Gasteiger charge is 2.19. The molecule has 1 amide bonds. The minimum Gasteiger partial charge on any atom is -0.368 e. The van der Waals surface area contributed by atoms with E-state index in [1.54, 1.807) is 12.4 Å². The van der Waals surface area contributed by atoms with E-state index in [9.17, 15) is 4.79 Å². The predicted octanol–water partition coefficient (Wildman–Crippen LogP) is 1.79. The van der Waals surface area contributed by atoms with Crippen molar-refractivity contribution < 1.29 is 4.79 Å². The Balaban J connectivity index is 1.50. The molecule has 0 bridgehead atoms. The van der Waals surface area contributed by atoms with Crippen LogP contribution < -0.4 is 15.1 Å². The van der Waals surface area contributed by atoms with Crippen molar-refractivity contribution in [3.8, 4) is 0 Å². The fraction of sp³-hybridized carbons (Fsp3) is 0.476. The molecule has 1 aromatic heterocycles. The monoisotopic (exact) mass is 382 g/mol. The van der Waals surface area contributed by atoms with Crippen molar-refractivity contribution in [2.45, 2.75) is 13.3 Å². The summed E-state index contributed by atoms with van der Waals surface area (Å²) in [6, 6.07) is 8.61. The van der Waals surface area contributed by atoms with Gasteiger partial charge in [-0.05, 0) is 51.7 Å². The van der Waals surface area contributed by atoms with Crippen LogP contribution in [-0.4, -0.2) is 74.1 Å². The van der Waals surface area contributed by atoms with Crippen LogP contribution in [0.15, 0.2) is 36.7 Å². The first-order valence-corrected chi connectivity index (χ1v) is 9.84. The molecular formula is C21H30N6O. The highest BCUT2D eigenvalue weighted by atomic mass is 16.1. The van der Waals surface area contributed by atoms with Gasteiger partial charge in [0.15, 0.2) is 0 Å². The van der Waals surface area contributed by atoms with Gasteiger partial charge in [-0.2, -0.15) is 0 Å². The van der Waals surface area contributed by atoms with Crippen LogP contribution in [0.25, 0.3) is 0 Å². The van der Waals surface area contributed by atoms with Crippen molar-refractivity contribution in [1.29, 1.82) is 0 Å². The second kappa shape index (κ2) is 9.50. The minimum atomic E-state index is -0.165. The number of aromatic nitrogens is 2. The van der Waals surface area contributed by atoms with Crippen LogP contribution in [0.5, 0.6) is 0 Å². The molecule has 150 valence electrons. The van der Waals surface area contributed by atoms with Crippen molar-refractivity contribution in [3.05, 3.63) is 47.9 Å². The number of amides is 1. The Morgan fingerprint density at radius 2 is 1.86 bits per heavy atom. The average molecular weight is 383 g/mol. The number of hydrogen-bond donors (Lipinski definition) is 1. The quantitative estimate of drug-likeness (QED) is 0.737. The maximum atomic E-state index is 12.2. The van der Waals surface area contributed by atoms with E-state index in [2.05, 4.69) is 61.2 Å². The first-order valence-electron chi connectivity index (χ1n) is 9.84. The molecule has 0 aliphatic carbocycles. The van der Waals surface area contributed by atoms with Gasteiger partial charge in [0.05, 0.1) is 12.4 Å². The number of hydrogen-bond acceptors (Lipinski definition) is 6. The van der Waals surface area contributed by atoms with Crippen LogP contribution in [-0.2, 0) is 0 Å². The standard InChI is InChI=1S/C21H30N6O/c1-17-6-4-7-18(14-17)26-10-12-27(13-11-26)20-16-23-19(15-24-20)21(28)22-8-5-9-25(2)3/h4,6-7,14-16H,5,8-13H2,1-3H3,(H,22,28). The summed E-state index contributed by atoms with van der Waals surface area (Å²) >= 11 is 0. The van der Waals surface area contributed by atoms with Gasteiger partial charge in [0.2, 0.25) is 0 Å². The lowest BCUT2D eigenvalue weighted by Gasteiger charge is -2.36. The maximum absolute atomic E-state index is 12.2. The van der Waals surface area contributed by atoms with E-state index in [1.165, 1.54) is 11.3 Å². The largest absolute Gasteiger partial charge is 0.368 e. The summed E-state index contributed by atoms with van der Waals surface area (Å²) < 4.78 is 0. The minimum absolute atomic E-state index is 0.165. The number of piperazine rings is 1. The van der Waals surface area contributed by atoms with Crippen LogP contribution in [0.3, 0.4) is 0 Å². The van der Waals surface area contributed by atoms with Crippen LogP contribution in [0.2, 0.25) is 0 Å². The number of aryl methyl sites for hydroxylation is 1. The molecule has 0 atom stereocenters. The lowest BCUT2D eigenvalue weighted by atomic mass is 10.2. The summed E-state index contributed by atoms with van der Waals surface area (Å²) in [5, 5.41) is 2.89. The van der Waals surface area contributed by atoms with Crippen molar-refractivity contribution in [3.63, 3.8) is 0 Å². The SMILES string of the molecule is Cc1cccc(N2CCN(c3cnc(C(=O)NCCCN(C)C)cn3)CC2)c1. The Morgan fingerprint density at radius 3 is 2.50 bits per heavy atom. The lowest BCUT2D eigenvalue weighted by molar-refractivity contribution is 0.0947. The van der Waals surface area contributed by atoms with Gasteiger partial charge >= 0.3 is 0 Å². The zero-order chi connectivity index (χ0) is 19.9. The molecule has 3 rings (SSSR count). The number of anilines is 2. The molecule has 1 aromatic carbocycles. The molecule has 0 unspecified atom stereocenters. The van der Waals surface area contributed by atoms with Gasteiger partial charge in [0.1, 0.15) is 11.5 Å². The third kappa shape index (κ3) is 5.42. The Kier molecular flexibility index (Phi) is 6.81. The predicted molar refractivity (Wildman–Crippen MR) is 113 cm³/mol. The van der Waals surface area contributed by atoms with Gasteiger partial charge in [0.25, 0.3) is 5.91 Å². The molecule has 2 aromatic rings. The van der Waals surface area contributed by atoms with Gasteiger partial charge < -0.3 is 20.0 Å². The maximum Gasteiger partial charge on any atom is 0.271 e. The number of nitrogens with one attached hydrogen (secondary N) is 1. The van der Waals surface area contributed by atoms with E-state index < -0.39 is 0 Å². The third-order valence-electron chi connectivity index (χ3n) is 4.91. The van der Waals surface area contributed by atoms with Crippen LogP contribution in [0, 0.1) is 6.92 Å². The fourth-order valence-electron chi connectivity index (χ4n) is 3.31. The summed E-state index contributed by atoms with van der Waals surface area (Å²) in [6.45, 7) is 7.37.